The first-order valence-electron chi connectivity index (χ1n) is 39.9. The van der Waals surface area contributed by atoms with Gasteiger partial charge in [-0.2, -0.15) is 0 Å². The van der Waals surface area contributed by atoms with Crippen molar-refractivity contribution in [1.82, 2.24) is 10.2 Å². The lowest BCUT2D eigenvalue weighted by Gasteiger charge is -2.51. The third-order valence-electron chi connectivity index (χ3n) is 23.4. The fourth-order valence-electron chi connectivity index (χ4n) is 16.7. The predicted octanol–water partition coefficient (Wildman–Crippen LogP) is 15.5. The number of aliphatic hydroxyl groups is 2. The predicted molar refractivity (Wildman–Crippen MR) is 448 cm³/mol. The highest BCUT2D eigenvalue weighted by Crippen LogP contribution is 2.61. The third kappa shape index (κ3) is 23.1. The van der Waals surface area contributed by atoms with Crippen molar-refractivity contribution in [2.75, 3.05) is 132 Å². The van der Waals surface area contributed by atoms with Gasteiger partial charge in [0, 0.05) is 67.2 Å². The molecule has 3 fully saturated rings. The van der Waals surface area contributed by atoms with Gasteiger partial charge in [0.15, 0.2) is 0 Å². The Morgan fingerprint density at radius 1 is 0.430 bits per heavy atom. The molecule has 12 nitrogen and oxygen atoms in total. The van der Waals surface area contributed by atoms with E-state index in [1.807, 2.05) is 48.5 Å². The zero-order chi connectivity index (χ0) is 75.8. The van der Waals surface area contributed by atoms with Crippen LogP contribution in [-0.2, 0) is 20.3 Å². The Balaban J connectivity index is 0.739. The summed E-state index contributed by atoms with van der Waals surface area (Å²) < 4.78 is 37.1. The molecule has 107 heavy (non-hydrogen) atoms. The molecule has 4 unspecified atom stereocenters. The molecule has 0 radical (unpaired) electrons. The second kappa shape index (κ2) is 36.6. The molecule has 8 aromatic carbocycles. The molecule has 574 valence electrons. The van der Waals surface area contributed by atoms with Gasteiger partial charge >= 0.3 is 0 Å². The fourth-order valence-corrected chi connectivity index (χ4v) is 25.9. The maximum Gasteiger partial charge on any atom is 0.119 e. The Kier molecular flexibility index (Phi) is 27.8. The number of unbranched alkanes of at least 4 members (excludes halogenated alkanes) is 3. The second-order valence-electron chi connectivity index (χ2n) is 34.7. The number of benzene rings is 8. The normalized spacial score (nSPS) is 17.5. The van der Waals surface area contributed by atoms with Crippen LogP contribution < -0.4 is 45.5 Å². The number of aliphatic hydroxyl groups excluding tert-OH is 2. The van der Waals surface area contributed by atoms with Crippen LogP contribution in [0.2, 0.25) is 0 Å². The fraction of sp³-hybridized carbons (Fsp3) is 0.484. The number of quaternary nitrogens is 2. The first-order chi connectivity index (χ1) is 51.2. The van der Waals surface area contributed by atoms with Gasteiger partial charge in [-0.1, -0.05) is 149 Å². The summed E-state index contributed by atoms with van der Waals surface area (Å²) in [5, 5.41) is 33.8. The van der Waals surface area contributed by atoms with Crippen LogP contribution in [0.3, 0.4) is 0 Å². The van der Waals surface area contributed by atoms with E-state index in [0.717, 1.165) is 76.9 Å². The summed E-state index contributed by atoms with van der Waals surface area (Å²) in [6.07, 6.45) is 13.0. The third-order valence-corrected chi connectivity index (χ3v) is 32.9. The molecule has 14 heteroatoms. The molecule has 3 aliphatic heterocycles. The van der Waals surface area contributed by atoms with Crippen LogP contribution in [0.4, 0.5) is 0 Å². The standard InChI is InChI=1S/C93H128N4O8P2/c1-90(2)63-77(64-91(3,4)94-90)97(11,12)57-26-28-60-107(88-35-21-15-22-36-88,89-37-23-16-24-38-89)62-30-29-61-106(86-31-17-13-18-32-86,87-33-19-14-20-34-87)59-27-25-56-96(9,10)58-55-95(65-78(98)67-100-80-47-39-73(40-48-80)92(5,6)75-43-51-82(52-44-75)102-69-84-71-104-84)66-79(99)68-101-81-49-41-74(42-50-81)93(7,8)76-45-53-83(54-46-76)103-70-85-72-105-85/h13-24,31-54,77-79,84-85,94,98-99H,25-30,55-72H2,1-12H3/q+4. The number of hydrogen-bond acceptors (Lipinski definition) is 10. The lowest BCUT2D eigenvalue weighted by Crippen LogP contribution is -2.65. The van der Waals surface area contributed by atoms with Crippen LogP contribution in [-0.4, -0.2) is 197 Å². The molecule has 0 spiro atoms. The van der Waals surface area contributed by atoms with Gasteiger partial charge in [0.05, 0.1) is 127 Å². The largest absolute Gasteiger partial charge is 0.491 e. The summed E-state index contributed by atoms with van der Waals surface area (Å²) in [6.45, 7) is 25.8. The van der Waals surface area contributed by atoms with Crippen molar-refractivity contribution in [1.29, 1.82) is 0 Å². The second-order valence-corrected chi connectivity index (χ2v) is 42.4. The Hall–Kier alpha value is -6.50. The van der Waals surface area contributed by atoms with E-state index < -0.39 is 26.7 Å². The first-order valence-corrected chi connectivity index (χ1v) is 44.2. The molecule has 8 aromatic rings. The molecular weight excluding hydrogens is 1360 g/mol. The first kappa shape index (κ1) is 81.5. The highest BCUT2D eigenvalue weighted by molar-refractivity contribution is 7.90. The smallest absolute Gasteiger partial charge is 0.119 e. The molecule has 0 bridgehead atoms. The number of rotatable bonds is 43. The van der Waals surface area contributed by atoms with Gasteiger partial charge in [0.25, 0.3) is 0 Å². The number of epoxide rings is 2. The highest BCUT2D eigenvalue weighted by Gasteiger charge is 2.47. The molecule has 3 saturated heterocycles. The lowest BCUT2D eigenvalue weighted by atomic mass is 9.78. The van der Waals surface area contributed by atoms with Crippen molar-refractivity contribution in [3.05, 3.63) is 241 Å². The Morgan fingerprint density at radius 2 is 0.729 bits per heavy atom. The van der Waals surface area contributed by atoms with Gasteiger partial charge in [0.2, 0.25) is 0 Å². The average Bonchev–Trinajstić information content (AvgIpc) is 1.08. The molecule has 0 amide bonds. The van der Waals surface area contributed by atoms with Crippen LogP contribution >= 0.6 is 14.5 Å². The Morgan fingerprint density at radius 3 is 1.05 bits per heavy atom. The minimum atomic E-state index is -1.86. The number of ether oxygens (including phenoxy) is 6. The number of nitrogens with one attached hydrogen (secondary N) is 1. The highest BCUT2D eigenvalue weighted by atomic mass is 31.2. The summed E-state index contributed by atoms with van der Waals surface area (Å²) in [7, 11) is 6.05. The lowest BCUT2D eigenvalue weighted by molar-refractivity contribution is -0.917. The van der Waals surface area contributed by atoms with Crippen LogP contribution in [0.15, 0.2) is 218 Å². The van der Waals surface area contributed by atoms with Gasteiger partial charge < -0.3 is 52.9 Å². The van der Waals surface area contributed by atoms with E-state index in [0.29, 0.717) is 50.4 Å². The number of piperidine rings is 1. The molecule has 3 heterocycles. The van der Waals surface area contributed by atoms with E-state index in [-0.39, 0.29) is 47.3 Å². The summed E-state index contributed by atoms with van der Waals surface area (Å²) >= 11 is 0. The van der Waals surface area contributed by atoms with E-state index in [1.165, 1.54) is 85.3 Å². The van der Waals surface area contributed by atoms with Crippen molar-refractivity contribution in [3.8, 4) is 23.0 Å². The van der Waals surface area contributed by atoms with Crippen molar-refractivity contribution in [2.45, 2.75) is 159 Å². The topological polar surface area (TPSA) is 118 Å². The monoisotopic (exact) mass is 1490 g/mol. The van der Waals surface area contributed by atoms with Crippen molar-refractivity contribution in [2.24, 2.45) is 0 Å². The van der Waals surface area contributed by atoms with Crippen molar-refractivity contribution in [3.63, 3.8) is 0 Å². The molecule has 0 aromatic heterocycles. The Bertz CT molecular complexity index is 3730. The summed E-state index contributed by atoms with van der Waals surface area (Å²) in [6, 6.07) is 80.4. The zero-order valence-electron chi connectivity index (χ0n) is 66.7. The summed E-state index contributed by atoms with van der Waals surface area (Å²) in [4.78, 5) is 2.20. The maximum absolute atomic E-state index is 11.9. The number of nitrogens with zero attached hydrogens (tertiary/aromatic N) is 3. The van der Waals surface area contributed by atoms with Gasteiger partial charge in [-0.05, 0) is 173 Å². The average molecular weight is 1490 g/mol. The molecule has 0 saturated carbocycles. The van der Waals surface area contributed by atoms with Crippen LogP contribution in [0.5, 0.6) is 23.0 Å². The van der Waals surface area contributed by atoms with Crippen LogP contribution in [0.25, 0.3) is 0 Å². The van der Waals surface area contributed by atoms with Gasteiger partial charge in [-0.15, -0.1) is 0 Å². The van der Waals surface area contributed by atoms with Gasteiger partial charge in [-0.3, -0.25) is 4.90 Å². The van der Waals surface area contributed by atoms with Crippen LogP contribution in [0.1, 0.15) is 129 Å². The van der Waals surface area contributed by atoms with E-state index in [4.69, 9.17) is 28.4 Å². The van der Waals surface area contributed by atoms with E-state index >= 15 is 0 Å². The van der Waals surface area contributed by atoms with E-state index in [1.54, 1.807) is 10.6 Å². The molecule has 11 rings (SSSR count). The van der Waals surface area contributed by atoms with Crippen molar-refractivity contribution < 1.29 is 47.6 Å². The minimum Gasteiger partial charge on any atom is -0.491 e. The molecule has 0 aliphatic carbocycles. The number of hydrogen-bond donors (Lipinski definition) is 3. The van der Waals surface area contributed by atoms with Crippen LogP contribution in [0, 0.1) is 0 Å². The summed E-state index contributed by atoms with van der Waals surface area (Å²) in [5.74, 6) is 3.08. The minimum absolute atomic E-state index is 0.110. The maximum atomic E-state index is 11.9. The zero-order valence-corrected chi connectivity index (χ0v) is 68.5. The van der Waals surface area contributed by atoms with Gasteiger partial charge in [-0.25, -0.2) is 0 Å². The molecule has 3 N–H and O–H groups in total. The van der Waals surface area contributed by atoms with Crippen molar-refractivity contribution >= 4 is 35.7 Å². The van der Waals surface area contributed by atoms with Gasteiger partial charge in [0.1, 0.15) is 73.8 Å². The molecule has 4 atom stereocenters. The summed E-state index contributed by atoms with van der Waals surface area (Å²) in [5.41, 5.74) is 4.40. The molecule has 3 aliphatic rings. The van der Waals surface area contributed by atoms with E-state index in [2.05, 4.69) is 264 Å². The van der Waals surface area contributed by atoms with E-state index in [9.17, 15) is 10.2 Å². The molecular formula is C93H128N4O8P2+4. The Labute approximate surface area is 644 Å². The quantitative estimate of drug-likeness (QED) is 0.0148. The SMILES string of the molecule is CC1(C)CC([N+](C)(C)CCCC[P+](CCCC[P+](CCCC[N+](C)(C)CCN(CC(O)COc2ccc(C(C)(C)c3ccc(OCC4CO4)cc3)cc2)CC(O)COc2ccc(C(C)(C)c3ccc(OCC4CO4)cc3)cc2)(c2ccccc2)c2ccccc2)(c2ccccc2)c2ccccc2)CC(C)(C)N1. The number of likely N-dealkylation sites (N-methyl/N-ethyl adjacent to an activating group) is 1.